The molecule has 0 heterocycles. The zero-order valence-electron chi connectivity index (χ0n) is 17.0. The van der Waals surface area contributed by atoms with Gasteiger partial charge in [0.1, 0.15) is 5.75 Å². The Kier molecular flexibility index (Phi) is 11.4. The van der Waals surface area contributed by atoms with Crippen molar-refractivity contribution >= 4 is 12.2 Å². The van der Waals surface area contributed by atoms with Gasteiger partial charge in [-0.05, 0) is 56.9 Å². The predicted molar refractivity (Wildman–Crippen MR) is 113 cm³/mol. The minimum atomic E-state index is 0. The monoisotopic (exact) mass is 479 g/mol. The van der Waals surface area contributed by atoms with Gasteiger partial charge in [-0.1, -0.05) is 54.6 Å². The highest BCUT2D eigenvalue weighted by Crippen LogP contribution is 2.15. The summed E-state index contributed by atoms with van der Waals surface area (Å²) in [5, 5.41) is 0. The Hall–Kier alpha value is -1.33. The zero-order valence-corrected chi connectivity index (χ0v) is 19.2. The van der Waals surface area contributed by atoms with Gasteiger partial charge in [-0.15, -0.1) is 0 Å². The highest BCUT2D eigenvalue weighted by Gasteiger charge is 2.19. The summed E-state index contributed by atoms with van der Waals surface area (Å²) in [6, 6.07) is 18.7. The summed E-state index contributed by atoms with van der Waals surface area (Å²) in [4.78, 5) is 0. The Morgan fingerprint density at radius 3 is 1.85 bits per heavy atom. The fourth-order valence-corrected chi connectivity index (χ4v) is 3.32. The van der Waals surface area contributed by atoms with Crippen LogP contribution in [0, 0.1) is 0 Å². The molecule has 0 fully saturated rings. The van der Waals surface area contributed by atoms with Crippen LogP contribution in [-0.4, -0.2) is 37.3 Å². The molecule has 0 bridgehead atoms. The van der Waals surface area contributed by atoms with E-state index in [0.717, 1.165) is 18.8 Å². The molecular weight excluding hydrogens is 445 g/mol. The summed E-state index contributed by atoms with van der Waals surface area (Å²) >= 11 is 0. The highest BCUT2D eigenvalue weighted by atomic mass is 127. The van der Waals surface area contributed by atoms with E-state index in [9.17, 15) is 0 Å². The Morgan fingerprint density at radius 2 is 1.30 bits per heavy atom. The number of ether oxygens (including phenoxy) is 1. The van der Waals surface area contributed by atoms with Crippen LogP contribution in [0.25, 0.3) is 12.2 Å². The molecule has 0 aromatic heterocycles. The molecule has 0 aliphatic rings. The average Bonchev–Trinajstić information content (AvgIpc) is 2.71. The molecule has 27 heavy (non-hydrogen) atoms. The number of unbranched alkanes of at least 4 members (excludes halogenated alkanes) is 1. The summed E-state index contributed by atoms with van der Waals surface area (Å²) in [7, 11) is 0. The van der Waals surface area contributed by atoms with E-state index in [1.165, 1.54) is 48.2 Å². The lowest BCUT2D eigenvalue weighted by Crippen LogP contribution is -3.00. The fourth-order valence-electron chi connectivity index (χ4n) is 3.32. The molecule has 148 valence electrons. The lowest BCUT2D eigenvalue weighted by Gasteiger charge is -2.35. The number of hydrogen-bond acceptors (Lipinski definition) is 1. The summed E-state index contributed by atoms with van der Waals surface area (Å²) in [5.74, 6) is 0.962. The molecule has 0 N–H and O–H groups in total. The molecule has 0 aliphatic heterocycles. The van der Waals surface area contributed by atoms with Crippen LogP contribution in [-0.2, 0) is 0 Å². The molecule has 0 radical (unpaired) electrons. The van der Waals surface area contributed by atoms with Crippen LogP contribution in [0.3, 0.4) is 0 Å². The second-order valence-corrected chi connectivity index (χ2v) is 6.88. The lowest BCUT2D eigenvalue weighted by atomic mass is 10.1. The van der Waals surface area contributed by atoms with Crippen molar-refractivity contribution in [2.24, 2.45) is 0 Å². The van der Waals surface area contributed by atoms with E-state index < -0.39 is 0 Å². The molecule has 0 saturated carbocycles. The number of benzene rings is 2. The third kappa shape index (κ3) is 8.06. The Labute approximate surface area is 182 Å². The van der Waals surface area contributed by atoms with Crippen LogP contribution in [0.2, 0.25) is 0 Å². The van der Waals surface area contributed by atoms with Crippen molar-refractivity contribution in [1.29, 1.82) is 0 Å². The predicted octanol–water partition coefficient (Wildman–Crippen LogP) is 2.90. The third-order valence-corrected chi connectivity index (χ3v) is 5.46. The van der Waals surface area contributed by atoms with Gasteiger partial charge in [0.15, 0.2) is 0 Å². The molecule has 2 aromatic carbocycles. The van der Waals surface area contributed by atoms with Crippen LogP contribution < -0.4 is 28.7 Å². The second-order valence-electron chi connectivity index (χ2n) is 6.88. The van der Waals surface area contributed by atoms with Crippen LogP contribution in [0.4, 0.5) is 0 Å². The third-order valence-electron chi connectivity index (χ3n) is 5.46. The van der Waals surface area contributed by atoms with Gasteiger partial charge in [0.05, 0.1) is 32.8 Å². The summed E-state index contributed by atoms with van der Waals surface area (Å²) in [5.41, 5.74) is 2.41. The number of hydrogen-bond donors (Lipinski definition) is 0. The molecule has 0 atom stereocenters. The summed E-state index contributed by atoms with van der Waals surface area (Å²) in [6.07, 6.45) is 6.62. The van der Waals surface area contributed by atoms with Crippen molar-refractivity contribution in [2.75, 3.05) is 32.8 Å². The minimum absolute atomic E-state index is 0. The standard InChI is InChI=1S/C24H34NO.HI/c1-4-25(5-2,6-3)20-10-11-21-26-24-18-16-23(17-19-24)15-14-22-12-8-7-9-13-22;/h7-9,12-19H,4-6,10-11,20-21H2,1-3H3;1H/q+1;/p-1/b15-14+;. The van der Waals surface area contributed by atoms with E-state index in [4.69, 9.17) is 4.74 Å². The maximum absolute atomic E-state index is 5.91. The zero-order chi connectivity index (χ0) is 18.7. The number of rotatable bonds is 11. The van der Waals surface area contributed by atoms with Crippen molar-refractivity contribution in [3.63, 3.8) is 0 Å². The van der Waals surface area contributed by atoms with Crippen LogP contribution in [0.5, 0.6) is 5.75 Å². The van der Waals surface area contributed by atoms with Gasteiger partial charge < -0.3 is 33.2 Å². The van der Waals surface area contributed by atoms with Crippen LogP contribution in [0.15, 0.2) is 54.6 Å². The lowest BCUT2D eigenvalue weighted by molar-refractivity contribution is -0.923. The first-order valence-corrected chi connectivity index (χ1v) is 10.0. The average molecular weight is 479 g/mol. The molecular formula is C24H34INO. The molecule has 2 rings (SSSR count). The van der Waals surface area contributed by atoms with Crippen molar-refractivity contribution in [1.82, 2.24) is 0 Å². The molecule has 3 heteroatoms. The Bertz CT molecular complexity index is 640. The molecule has 0 amide bonds. The Morgan fingerprint density at radius 1 is 0.741 bits per heavy atom. The van der Waals surface area contributed by atoms with Gasteiger partial charge >= 0.3 is 0 Å². The number of nitrogens with zero attached hydrogens (tertiary/aromatic N) is 1. The van der Waals surface area contributed by atoms with Gasteiger partial charge in [-0.3, -0.25) is 0 Å². The maximum atomic E-state index is 5.91. The largest absolute Gasteiger partial charge is 1.00 e. The fraction of sp³-hybridized carbons (Fsp3) is 0.417. The van der Waals surface area contributed by atoms with Gasteiger partial charge in [0.2, 0.25) is 0 Å². The van der Waals surface area contributed by atoms with E-state index in [-0.39, 0.29) is 24.0 Å². The minimum Gasteiger partial charge on any atom is -1.00 e. The summed E-state index contributed by atoms with van der Waals surface area (Å²) in [6.45, 7) is 12.7. The molecule has 2 nitrogen and oxygen atoms in total. The maximum Gasteiger partial charge on any atom is 0.119 e. The van der Waals surface area contributed by atoms with Crippen molar-refractivity contribution in [2.45, 2.75) is 33.6 Å². The van der Waals surface area contributed by atoms with Crippen molar-refractivity contribution in [3.8, 4) is 5.75 Å². The first kappa shape index (κ1) is 23.7. The normalized spacial score (nSPS) is 11.4. The summed E-state index contributed by atoms with van der Waals surface area (Å²) < 4.78 is 7.13. The smallest absolute Gasteiger partial charge is 0.119 e. The second kappa shape index (κ2) is 12.9. The van der Waals surface area contributed by atoms with E-state index in [0.29, 0.717) is 0 Å². The Balaban J connectivity index is 0.00000364. The first-order valence-electron chi connectivity index (χ1n) is 10.0. The molecule has 0 saturated heterocycles. The van der Waals surface area contributed by atoms with Gasteiger partial charge in [0.25, 0.3) is 0 Å². The van der Waals surface area contributed by atoms with Gasteiger partial charge in [-0.25, -0.2) is 0 Å². The molecule has 0 unspecified atom stereocenters. The molecule has 0 spiro atoms. The van der Waals surface area contributed by atoms with Gasteiger partial charge in [0, 0.05) is 0 Å². The van der Waals surface area contributed by atoms with Crippen LogP contribution in [0.1, 0.15) is 44.7 Å². The van der Waals surface area contributed by atoms with E-state index in [1.54, 1.807) is 0 Å². The van der Waals surface area contributed by atoms with E-state index in [2.05, 4.69) is 81.5 Å². The number of halogens is 1. The highest BCUT2D eigenvalue weighted by molar-refractivity contribution is 5.69. The SMILES string of the molecule is CC[N+](CC)(CC)CCCCOc1ccc(/C=C/c2ccccc2)cc1.[I-]. The van der Waals surface area contributed by atoms with E-state index in [1.807, 2.05) is 6.07 Å². The molecule has 2 aromatic rings. The number of quaternary nitrogens is 1. The van der Waals surface area contributed by atoms with E-state index >= 15 is 0 Å². The van der Waals surface area contributed by atoms with Crippen molar-refractivity contribution in [3.05, 3.63) is 65.7 Å². The van der Waals surface area contributed by atoms with Crippen LogP contribution >= 0.6 is 0 Å². The first-order chi connectivity index (χ1) is 12.7. The van der Waals surface area contributed by atoms with Crippen molar-refractivity contribution < 1.29 is 33.2 Å². The quantitative estimate of drug-likeness (QED) is 0.209. The molecule has 0 aliphatic carbocycles. The van der Waals surface area contributed by atoms with Gasteiger partial charge in [-0.2, -0.15) is 0 Å². The topological polar surface area (TPSA) is 9.23 Å².